The molecule has 4 aromatic carbocycles. The number of Topliss-reactive ketones (excluding diaryl/α,β-unsaturated/α-hetero) is 1. The van der Waals surface area contributed by atoms with E-state index < -0.39 is 43.2 Å². The van der Waals surface area contributed by atoms with Crippen molar-refractivity contribution >= 4 is 72.3 Å². The van der Waals surface area contributed by atoms with Crippen LogP contribution < -0.4 is 0 Å². The predicted octanol–water partition coefficient (Wildman–Crippen LogP) is 18.8. The number of carbonyl (C=O) groups excluding carboxylic acids is 1. The summed E-state index contributed by atoms with van der Waals surface area (Å²) in [6.45, 7) is 17.8. The maximum absolute atomic E-state index is 12.9. The topological polar surface area (TPSA) is 53.0 Å². The van der Waals surface area contributed by atoms with Gasteiger partial charge in [-0.1, -0.05) is 72.3 Å². The molecule has 0 atom stereocenters. The van der Waals surface area contributed by atoms with E-state index in [-0.39, 0.29) is 11.6 Å². The van der Waals surface area contributed by atoms with E-state index in [0.717, 1.165) is 50.3 Å². The normalized spacial score (nSPS) is 15.1. The van der Waals surface area contributed by atoms with Crippen molar-refractivity contribution in [3.8, 4) is 0 Å². The summed E-state index contributed by atoms with van der Waals surface area (Å²) < 4.78 is 30.0. The van der Waals surface area contributed by atoms with Crippen LogP contribution in [0, 0.1) is 5.82 Å². The van der Waals surface area contributed by atoms with Gasteiger partial charge in [-0.3, -0.25) is 4.79 Å². The van der Waals surface area contributed by atoms with Crippen LogP contribution >= 0.6 is 23.4 Å². The summed E-state index contributed by atoms with van der Waals surface area (Å²) in [6.07, 6.45) is 22.9. The fraction of sp³-hybridized carbons (Fsp3) is 0.578. The van der Waals surface area contributed by atoms with E-state index in [9.17, 15) is 14.3 Å². The number of likely N-dealkylation sites (tertiary alicyclic amines) is 1. The Morgan fingerprint density at radius 3 is 1.68 bits per heavy atom. The molecule has 1 fully saturated rings. The number of halogens is 2. The van der Waals surface area contributed by atoms with Gasteiger partial charge in [0, 0.05) is 47.3 Å². The van der Waals surface area contributed by atoms with E-state index in [1.165, 1.54) is 155 Å². The number of hydrogen-bond donors (Lipinski definition) is 1. The van der Waals surface area contributed by atoms with Gasteiger partial charge in [0.05, 0.1) is 5.60 Å². The Hall–Kier alpha value is -1.70. The third-order valence-corrected chi connectivity index (χ3v) is 57.3. The molecule has 2 aliphatic heterocycles. The first-order chi connectivity index (χ1) is 35.8. The summed E-state index contributed by atoms with van der Waals surface area (Å²) in [5, 5.41) is 11.5. The van der Waals surface area contributed by atoms with Gasteiger partial charge >= 0.3 is 184 Å². The molecule has 0 radical (unpaired) electrons. The van der Waals surface area contributed by atoms with Crippen LogP contribution in [0.25, 0.3) is 5.57 Å². The maximum atomic E-state index is 12.9. The van der Waals surface area contributed by atoms with E-state index in [1.54, 1.807) is 0 Å². The molecule has 0 aromatic heterocycles. The van der Waals surface area contributed by atoms with Crippen molar-refractivity contribution in [2.24, 2.45) is 0 Å². The first-order valence-electron chi connectivity index (χ1n) is 29.1. The van der Waals surface area contributed by atoms with Crippen molar-refractivity contribution in [2.45, 2.75) is 194 Å². The van der Waals surface area contributed by atoms with E-state index in [0.29, 0.717) is 29.8 Å². The number of hydrogen-bond acceptors (Lipinski definition) is 6. The molecule has 0 aliphatic carbocycles. The molecule has 5 nitrogen and oxygen atoms in total. The molecule has 2 aliphatic rings. The zero-order valence-electron chi connectivity index (χ0n) is 47.4. The fourth-order valence-electron chi connectivity index (χ4n) is 10.7. The number of piperidine rings is 1. The molecule has 10 heteroatoms. The van der Waals surface area contributed by atoms with Crippen LogP contribution in [0.5, 0.6) is 0 Å². The first-order valence-corrected chi connectivity index (χ1v) is 44.9. The molecule has 4 aromatic rings. The molecule has 0 saturated carbocycles. The fourth-order valence-corrected chi connectivity index (χ4v) is 66.9. The monoisotopic (exact) mass is 1270 g/mol. The molecule has 0 amide bonds. The van der Waals surface area contributed by atoms with Gasteiger partial charge in [0.15, 0.2) is 5.78 Å². The number of ketones is 1. The van der Waals surface area contributed by atoms with Crippen molar-refractivity contribution in [1.82, 2.24) is 9.80 Å². The Morgan fingerprint density at radius 1 is 0.689 bits per heavy atom. The minimum atomic E-state index is -2.46. The Kier molecular flexibility index (Phi) is 31.3. The average Bonchev–Trinajstić information content (AvgIpc) is 3.57. The number of carbonyl (C=O) groups is 1. The van der Waals surface area contributed by atoms with Crippen molar-refractivity contribution in [3.05, 3.63) is 142 Å². The molecule has 0 bridgehead atoms. The Labute approximate surface area is 469 Å². The second kappa shape index (κ2) is 35.7. The largest absolute Gasteiger partial charge is 0.385 e. The molecule has 1 saturated heterocycles. The number of thioether (sulfide) groups is 1. The first kappa shape index (κ1) is 64.8. The molecule has 410 valence electrons. The third kappa shape index (κ3) is 22.2. The molecule has 74 heavy (non-hydrogen) atoms. The number of unbranched alkanes of at least 4 members (excludes halogenated alkanes) is 6. The zero-order chi connectivity index (χ0) is 53.7. The van der Waals surface area contributed by atoms with Crippen molar-refractivity contribution < 1.29 is 15.7 Å². The van der Waals surface area contributed by atoms with Gasteiger partial charge in [0.2, 0.25) is 0 Å². The molecule has 0 unspecified atom stereocenters. The summed E-state index contributed by atoms with van der Waals surface area (Å²) in [6, 6.07) is 30.7. The number of fused-ring (bicyclic) bond motifs is 2. The van der Waals surface area contributed by atoms with Gasteiger partial charge in [0.25, 0.3) is 0 Å². The number of benzene rings is 4. The summed E-state index contributed by atoms with van der Waals surface area (Å²) in [4.78, 5) is 18.0. The molecule has 6 rings (SSSR count). The van der Waals surface area contributed by atoms with Crippen molar-refractivity contribution in [3.63, 3.8) is 0 Å². The molecular weight excluding hydrogens is 1170 g/mol. The minimum absolute atomic E-state index is 0.0414. The summed E-state index contributed by atoms with van der Waals surface area (Å²) >= 11 is 2.94. The van der Waals surface area contributed by atoms with Gasteiger partial charge in [-0.25, -0.2) is 4.39 Å². The van der Waals surface area contributed by atoms with E-state index in [4.69, 9.17) is 13.0 Å². The second-order valence-electron chi connectivity index (χ2n) is 21.7. The quantitative estimate of drug-likeness (QED) is 0.0432. The van der Waals surface area contributed by atoms with Crippen LogP contribution in [-0.4, -0.2) is 98.5 Å². The molecule has 2 heterocycles. The van der Waals surface area contributed by atoms with Crippen LogP contribution in [0.4, 0.5) is 4.39 Å². The summed E-state index contributed by atoms with van der Waals surface area (Å²) in [7, 11) is 4.26. The third-order valence-electron chi connectivity index (χ3n) is 15.3. The second-order valence-corrected chi connectivity index (χ2v) is 49.7. The van der Waals surface area contributed by atoms with Crippen molar-refractivity contribution in [2.75, 3.05) is 40.3 Å². The minimum Gasteiger partial charge on any atom is -0.385 e. The smallest absolute Gasteiger partial charge is 0.162 e. The zero-order valence-corrected chi connectivity index (χ0v) is 54.7. The van der Waals surface area contributed by atoms with Crippen LogP contribution in [0.1, 0.15) is 183 Å². The van der Waals surface area contributed by atoms with E-state index >= 15 is 0 Å². The van der Waals surface area contributed by atoms with Gasteiger partial charge in [-0.2, -0.15) is 0 Å². The van der Waals surface area contributed by atoms with Gasteiger partial charge < -0.3 is 14.9 Å². The predicted molar refractivity (Wildman–Crippen MR) is 325 cm³/mol. The van der Waals surface area contributed by atoms with Crippen LogP contribution in [0.2, 0.25) is 31.6 Å². The molecule has 0 spiro atoms. The number of nitrogens with zero attached hydrogens (tertiary/aromatic N) is 2. The van der Waals surface area contributed by atoms with Gasteiger partial charge in [0.1, 0.15) is 5.82 Å². The Morgan fingerprint density at radius 2 is 1.18 bits per heavy atom. The molecular formula is C64H98ClFN2O3SSn2. The Balaban J connectivity index is 0.000000242. The van der Waals surface area contributed by atoms with Crippen LogP contribution in [0.15, 0.2) is 108 Å². The van der Waals surface area contributed by atoms with E-state index in [1.807, 2.05) is 36.0 Å². The summed E-state index contributed by atoms with van der Waals surface area (Å²) in [5.74, 6) is 0.765. The number of rotatable bonds is 29. The standard InChI is InChI=1S/C21H23ClFNO2.C19H21NS.6C4H9.O.2Sn/c22-18-7-5-17(6-8-18)21(26)11-14-24(15-12-21)13-1-2-20(25)16-3-9-19(23)10-4-16;1-20(2)13-7-11-17-16-9-4-3-8-15(16)14-21-19-12-6-5-10-18(17)19;6*1-3-4-2;;;/h3-10,26H,1-2,11-15H2;3-6,8-12H,7,13-14H2,1-2H3;6*1,3-4H2,2H3;;;/b;17-11-;;;;;;;;;. The Bertz CT molecular complexity index is 2070. The SMILES string of the molecule is CCC[CH2][Sn]([CH2]CCC)([CH2]CCC)[O][Sn]([CH2]CCC)([CH2]CCC)[CH2]CCC.CN(C)CC/C=C1/c2ccccc2CSc2ccccc21.O=C(CCCN1CCC(O)(c2ccc(Cl)cc2)CC1)c1ccc(F)cc1. The van der Waals surface area contributed by atoms with E-state index in [2.05, 4.69) is 120 Å². The van der Waals surface area contributed by atoms with Crippen LogP contribution in [-0.2, 0) is 12.8 Å². The van der Waals surface area contributed by atoms with Gasteiger partial charge in [-0.05, 0) is 117 Å². The number of aliphatic hydroxyl groups is 1. The van der Waals surface area contributed by atoms with Crippen LogP contribution in [0.3, 0.4) is 0 Å². The summed E-state index contributed by atoms with van der Waals surface area (Å²) in [5.41, 5.74) is 6.28. The average molecular weight is 1270 g/mol. The maximum Gasteiger partial charge on any atom is 0.162 e. The van der Waals surface area contributed by atoms with Gasteiger partial charge in [-0.15, -0.1) is 11.8 Å². The van der Waals surface area contributed by atoms with Crippen molar-refractivity contribution in [1.29, 1.82) is 0 Å². The molecule has 1 N–H and O–H groups in total.